The number of fused-ring (bicyclic) bond motifs is 1. The van der Waals surface area contributed by atoms with E-state index in [0.29, 0.717) is 6.54 Å². The number of nitrogens with zero attached hydrogens (tertiary/aromatic N) is 3. The van der Waals surface area contributed by atoms with E-state index in [1.54, 1.807) is 17.3 Å². The van der Waals surface area contributed by atoms with E-state index < -0.39 is 6.03 Å². The number of benzene rings is 1. The number of amides is 4. The first kappa shape index (κ1) is 18.2. The van der Waals surface area contributed by atoms with Gasteiger partial charge in [-0.2, -0.15) is 0 Å². The Kier molecular flexibility index (Phi) is 5.06. The summed E-state index contributed by atoms with van der Waals surface area (Å²) in [4.78, 5) is 44.0. The van der Waals surface area contributed by atoms with Gasteiger partial charge in [-0.3, -0.25) is 19.5 Å². The third-order valence-electron chi connectivity index (χ3n) is 5.34. The summed E-state index contributed by atoms with van der Waals surface area (Å²) in [7, 11) is 0. The molecule has 28 heavy (non-hydrogen) atoms. The Balaban J connectivity index is 1.63. The zero-order valence-corrected chi connectivity index (χ0v) is 15.5. The minimum absolute atomic E-state index is 0.0546. The molecule has 1 aromatic carbocycles. The average molecular weight is 378 g/mol. The highest BCUT2D eigenvalue weighted by atomic mass is 16.2. The van der Waals surface area contributed by atoms with Gasteiger partial charge in [0.1, 0.15) is 6.54 Å². The van der Waals surface area contributed by atoms with Crippen molar-refractivity contribution in [2.45, 2.75) is 31.8 Å². The van der Waals surface area contributed by atoms with Crippen LogP contribution in [0.3, 0.4) is 0 Å². The Morgan fingerprint density at radius 3 is 2.82 bits per heavy atom. The molecule has 1 fully saturated rings. The van der Waals surface area contributed by atoms with Gasteiger partial charge < -0.3 is 10.2 Å². The molecule has 0 bridgehead atoms. The molecule has 1 N–H and O–H groups in total. The van der Waals surface area contributed by atoms with Gasteiger partial charge in [-0.05, 0) is 42.0 Å². The number of aromatic nitrogens is 1. The van der Waals surface area contributed by atoms with Gasteiger partial charge in [0.05, 0.1) is 12.6 Å². The molecule has 2 heterocycles. The topological polar surface area (TPSA) is 82.6 Å². The van der Waals surface area contributed by atoms with Crippen molar-refractivity contribution in [3.05, 3.63) is 65.5 Å². The SMILES string of the molecule is O=C1CNC(=O)N1CC(=O)N(Cc1cccnc1)C1CCCc2ccccc21. The molecule has 0 saturated carbocycles. The molecule has 1 saturated heterocycles. The van der Waals surface area contributed by atoms with Gasteiger partial charge in [-0.15, -0.1) is 0 Å². The van der Waals surface area contributed by atoms with Crippen LogP contribution >= 0.6 is 0 Å². The smallest absolute Gasteiger partial charge is 0.325 e. The molecule has 144 valence electrons. The average Bonchev–Trinajstić information content (AvgIpc) is 3.04. The summed E-state index contributed by atoms with van der Waals surface area (Å²) < 4.78 is 0. The lowest BCUT2D eigenvalue weighted by Crippen LogP contribution is -2.44. The molecule has 1 atom stereocenters. The molecule has 1 aliphatic heterocycles. The summed E-state index contributed by atoms with van der Waals surface area (Å²) in [6.45, 7) is 0.0832. The third-order valence-corrected chi connectivity index (χ3v) is 5.34. The van der Waals surface area contributed by atoms with Crippen molar-refractivity contribution in [1.82, 2.24) is 20.1 Å². The minimum Gasteiger partial charge on any atom is -0.330 e. The fourth-order valence-electron chi connectivity index (χ4n) is 3.95. The van der Waals surface area contributed by atoms with Crippen LogP contribution in [-0.2, 0) is 22.6 Å². The van der Waals surface area contributed by atoms with Crippen LogP contribution in [0.1, 0.15) is 35.6 Å². The molecule has 0 radical (unpaired) electrons. The fraction of sp³-hybridized carbons (Fsp3) is 0.333. The van der Waals surface area contributed by atoms with Crippen molar-refractivity contribution < 1.29 is 14.4 Å². The van der Waals surface area contributed by atoms with Crippen molar-refractivity contribution in [1.29, 1.82) is 0 Å². The quantitative estimate of drug-likeness (QED) is 0.807. The molecular formula is C21H22N4O3. The second-order valence-corrected chi connectivity index (χ2v) is 7.13. The Morgan fingerprint density at radius 1 is 1.21 bits per heavy atom. The Morgan fingerprint density at radius 2 is 2.07 bits per heavy atom. The Labute approximate surface area is 163 Å². The van der Waals surface area contributed by atoms with Crippen LogP contribution in [0.15, 0.2) is 48.8 Å². The minimum atomic E-state index is -0.510. The van der Waals surface area contributed by atoms with Crippen LogP contribution in [-0.4, -0.2) is 45.7 Å². The van der Waals surface area contributed by atoms with E-state index in [2.05, 4.69) is 22.4 Å². The van der Waals surface area contributed by atoms with E-state index in [-0.39, 0.29) is 30.9 Å². The van der Waals surface area contributed by atoms with Gasteiger partial charge in [0.25, 0.3) is 5.91 Å². The summed E-state index contributed by atoms with van der Waals surface area (Å²) in [5, 5.41) is 2.47. The molecule has 1 aliphatic carbocycles. The Hall–Kier alpha value is -3.22. The number of rotatable bonds is 5. The lowest BCUT2D eigenvalue weighted by molar-refractivity contribution is -0.139. The van der Waals surface area contributed by atoms with Crippen molar-refractivity contribution in [2.75, 3.05) is 13.1 Å². The fourth-order valence-corrected chi connectivity index (χ4v) is 3.95. The van der Waals surface area contributed by atoms with Crippen molar-refractivity contribution in [3.8, 4) is 0 Å². The highest BCUT2D eigenvalue weighted by Gasteiger charge is 2.35. The van der Waals surface area contributed by atoms with Gasteiger partial charge in [0.15, 0.2) is 0 Å². The molecule has 4 rings (SSSR count). The van der Waals surface area contributed by atoms with Crippen LogP contribution < -0.4 is 5.32 Å². The molecule has 2 aliphatic rings. The number of aryl methyl sites for hydroxylation is 1. The van der Waals surface area contributed by atoms with Gasteiger partial charge in [-0.1, -0.05) is 30.3 Å². The van der Waals surface area contributed by atoms with Crippen molar-refractivity contribution in [3.63, 3.8) is 0 Å². The highest BCUT2D eigenvalue weighted by Crippen LogP contribution is 2.35. The van der Waals surface area contributed by atoms with Crippen LogP contribution in [0.4, 0.5) is 4.79 Å². The number of carbonyl (C=O) groups excluding carboxylic acids is 3. The molecule has 7 nitrogen and oxygen atoms in total. The molecule has 1 aromatic heterocycles. The molecule has 1 unspecified atom stereocenters. The van der Waals surface area contributed by atoms with Gasteiger partial charge >= 0.3 is 6.03 Å². The molecule has 4 amide bonds. The van der Waals surface area contributed by atoms with Gasteiger partial charge in [0, 0.05) is 18.9 Å². The van der Waals surface area contributed by atoms with E-state index in [9.17, 15) is 14.4 Å². The number of nitrogens with one attached hydrogen (secondary N) is 1. The monoisotopic (exact) mass is 378 g/mol. The first-order valence-corrected chi connectivity index (χ1v) is 9.48. The highest BCUT2D eigenvalue weighted by molar-refractivity contribution is 6.04. The summed E-state index contributed by atoms with van der Waals surface area (Å²) >= 11 is 0. The normalized spacial score (nSPS) is 18.6. The van der Waals surface area contributed by atoms with Gasteiger partial charge in [0.2, 0.25) is 5.91 Å². The lowest BCUT2D eigenvalue weighted by Gasteiger charge is -2.36. The van der Waals surface area contributed by atoms with E-state index in [1.165, 1.54) is 5.56 Å². The van der Waals surface area contributed by atoms with Crippen molar-refractivity contribution >= 4 is 17.8 Å². The molecular weight excluding hydrogens is 356 g/mol. The van der Waals surface area contributed by atoms with E-state index in [4.69, 9.17) is 0 Å². The first-order valence-electron chi connectivity index (χ1n) is 9.48. The summed E-state index contributed by atoms with van der Waals surface area (Å²) in [6.07, 6.45) is 6.26. The second kappa shape index (κ2) is 7.80. The number of pyridine rings is 1. The van der Waals surface area contributed by atoms with Crippen molar-refractivity contribution in [2.24, 2.45) is 0 Å². The maximum absolute atomic E-state index is 13.2. The van der Waals surface area contributed by atoms with Gasteiger partial charge in [-0.25, -0.2) is 4.79 Å². The first-order chi connectivity index (χ1) is 13.6. The summed E-state index contributed by atoms with van der Waals surface area (Å²) in [5.74, 6) is -0.611. The maximum Gasteiger partial charge on any atom is 0.325 e. The number of imide groups is 1. The molecule has 2 aromatic rings. The van der Waals surface area contributed by atoms with E-state index in [1.807, 2.05) is 24.3 Å². The van der Waals surface area contributed by atoms with Crippen LogP contribution in [0.2, 0.25) is 0 Å². The van der Waals surface area contributed by atoms with E-state index >= 15 is 0 Å². The number of hydrogen-bond donors (Lipinski definition) is 1. The summed E-state index contributed by atoms with van der Waals surface area (Å²) in [6, 6.07) is 11.3. The zero-order chi connectivity index (χ0) is 19.5. The van der Waals surface area contributed by atoms with Crippen LogP contribution in [0, 0.1) is 0 Å². The van der Waals surface area contributed by atoms with Crippen LogP contribution in [0.25, 0.3) is 0 Å². The molecule has 7 heteroatoms. The molecule has 0 spiro atoms. The predicted molar refractivity (Wildman–Crippen MR) is 102 cm³/mol. The lowest BCUT2D eigenvalue weighted by atomic mass is 9.86. The van der Waals surface area contributed by atoms with Crippen LogP contribution in [0.5, 0.6) is 0 Å². The number of urea groups is 1. The predicted octanol–water partition coefficient (Wildman–Crippen LogP) is 2.04. The van der Waals surface area contributed by atoms with E-state index in [0.717, 1.165) is 35.3 Å². The second-order valence-electron chi connectivity index (χ2n) is 7.13. The largest absolute Gasteiger partial charge is 0.330 e. The standard InChI is InChI=1S/C21H22N4O3/c26-19-12-23-21(28)25(19)14-20(27)24(13-15-5-4-10-22-11-15)18-9-3-7-16-6-1-2-8-17(16)18/h1-2,4-6,8,10-11,18H,3,7,9,12-14H2,(H,23,28). The Bertz CT molecular complexity index is 884. The zero-order valence-electron chi connectivity index (χ0n) is 15.5. The third kappa shape index (κ3) is 3.60. The number of hydrogen-bond acceptors (Lipinski definition) is 4. The maximum atomic E-state index is 13.2. The summed E-state index contributed by atoms with van der Waals surface area (Å²) in [5.41, 5.74) is 3.30. The number of carbonyl (C=O) groups is 3.